The number of primary amides is 1. The standard InChI is InChI=1S/C13H17N3O2/c1-10-3-2-4-11(9-10)15-5-7-16(8-6-15)13(18)12(14)17/h2-4,9H,5-8H2,1H3,(H2,14,17). The first-order valence-corrected chi connectivity index (χ1v) is 5.98. The fourth-order valence-corrected chi connectivity index (χ4v) is 2.15. The van der Waals surface area contributed by atoms with Gasteiger partial charge in [-0.05, 0) is 24.6 Å². The molecule has 0 aromatic heterocycles. The van der Waals surface area contributed by atoms with Crippen molar-refractivity contribution >= 4 is 17.5 Å². The minimum Gasteiger partial charge on any atom is -0.368 e. The van der Waals surface area contributed by atoms with Gasteiger partial charge in [-0.3, -0.25) is 9.59 Å². The van der Waals surface area contributed by atoms with Crippen molar-refractivity contribution in [3.05, 3.63) is 29.8 Å². The molecule has 1 saturated heterocycles. The molecule has 0 aliphatic carbocycles. The zero-order chi connectivity index (χ0) is 13.1. The molecule has 1 aliphatic rings. The Balaban J connectivity index is 1.98. The van der Waals surface area contributed by atoms with E-state index in [-0.39, 0.29) is 0 Å². The van der Waals surface area contributed by atoms with Crippen LogP contribution in [0, 0.1) is 6.92 Å². The monoisotopic (exact) mass is 247 g/mol. The molecule has 1 heterocycles. The molecule has 5 heteroatoms. The molecule has 0 bridgehead atoms. The lowest BCUT2D eigenvalue weighted by Gasteiger charge is -2.35. The van der Waals surface area contributed by atoms with Crippen LogP contribution in [0.25, 0.3) is 0 Å². The maximum Gasteiger partial charge on any atom is 0.311 e. The third-order valence-corrected chi connectivity index (χ3v) is 3.14. The highest BCUT2D eigenvalue weighted by molar-refractivity contribution is 6.34. The Morgan fingerprint density at radius 2 is 1.83 bits per heavy atom. The molecule has 0 spiro atoms. The number of nitrogens with two attached hydrogens (primary N) is 1. The first-order chi connectivity index (χ1) is 8.58. The van der Waals surface area contributed by atoms with Crippen molar-refractivity contribution in [3.8, 4) is 0 Å². The highest BCUT2D eigenvalue weighted by Crippen LogP contribution is 2.17. The van der Waals surface area contributed by atoms with Gasteiger partial charge in [0.25, 0.3) is 0 Å². The minimum absolute atomic E-state index is 0.537. The molecule has 1 aromatic carbocycles. The van der Waals surface area contributed by atoms with Crippen LogP contribution in [-0.4, -0.2) is 42.9 Å². The summed E-state index contributed by atoms with van der Waals surface area (Å²) in [6, 6.07) is 8.24. The maximum absolute atomic E-state index is 11.4. The van der Waals surface area contributed by atoms with Gasteiger partial charge in [0.15, 0.2) is 0 Å². The molecule has 2 rings (SSSR count). The smallest absolute Gasteiger partial charge is 0.311 e. The second-order valence-electron chi connectivity index (χ2n) is 4.48. The van der Waals surface area contributed by atoms with Crippen LogP contribution < -0.4 is 10.6 Å². The number of nitrogens with zero attached hydrogens (tertiary/aromatic N) is 2. The Bertz CT molecular complexity index is 465. The normalized spacial score (nSPS) is 15.6. The van der Waals surface area contributed by atoms with Crippen LogP contribution >= 0.6 is 0 Å². The Kier molecular flexibility index (Phi) is 3.50. The molecular weight excluding hydrogens is 230 g/mol. The van der Waals surface area contributed by atoms with Crippen LogP contribution in [-0.2, 0) is 9.59 Å². The summed E-state index contributed by atoms with van der Waals surface area (Å²) in [6.07, 6.45) is 0. The van der Waals surface area contributed by atoms with Gasteiger partial charge in [-0.1, -0.05) is 12.1 Å². The minimum atomic E-state index is -0.876. The number of carbonyl (C=O) groups is 2. The van der Waals surface area contributed by atoms with Gasteiger partial charge in [-0.2, -0.15) is 0 Å². The molecule has 1 fully saturated rings. The van der Waals surface area contributed by atoms with Gasteiger partial charge >= 0.3 is 11.8 Å². The van der Waals surface area contributed by atoms with Crippen molar-refractivity contribution in [1.82, 2.24) is 4.90 Å². The maximum atomic E-state index is 11.4. The van der Waals surface area contributed by atoms with Crippen molar-refractivity contribution in [1.29, 1.82) is 0 Å². The van der Waals surface area contributed by atoms with E-state index in [0.29, 0.717) is 13.1 Å². The zero-order valence-electron chi connectivity index (χ0n) is 10.4. The van der Waals surface area contributed by atoms with Gasteiger partial charge in [-0.15, -0.1) is 0 Å². The summed E-state index contributed by atoms with van der Waals surface area (Å²) in [5.41, 5.74) is 7.35. The third kappa shape index (κ3) is 2.61. The van der Waals surface area contributed by atoms with Gasteiger partial charge in [0.2, 0.25) is 0 Å². The summed E-state index contributed by atoms with van der Waals surface area (Å²) in [7, 11) is 0. The number of hydrogen-bond acceptors (Lipinski definition) is 3. The number of hydrogen-bond donors (Lipinski definition) is 1. The molecule has 1 aromatic rings. The Hall–Kier alpha value is -2.04. The van der Waals surface area contributed by atoms with Crippen molar-refractivity contribution in [3.63, 3.8) is 0 Å². The Labute approximate surface area is 106 Å². The van der Waals surface area contributed by atoms with Crippen molar-refractivity contribution in [2.45, 2.75) is 6.92 Å². The van der Waals surface area contributed by atoms with Crippen LogP contribution in [0.3, 0.4) is 0 Å². The van der Waals surface area contributed by atoms with E-state index in [1.165, 1.54) is 10.5 Å². The van der Waals surface area contributed by atoms with Gasteiger partial charge in [0.1, 0.15) is 0 Å². The lowest BCUT2D eigenvalue weighted by Crippen LogP contribution is -2.51. The van der Waals surface area contributed by atoms with E-state index in [1.54, 1.807) is 0 Å². The fourth-order valence-electron chi connectivity index (χ4n) is 2.15. The topological polar surface area (TPSA) is 66.6 Å². The second-order valence-corrected chi connectivity index (χ2v) is 4.48. The van der Waals surface area contributed by atoms with Crippen molar-refractivity contribution < 1.29 is 9.59 Å². The lowest BCUT2D eigenvalue weighted by molar-refractivity contribution is -0.144. The van der Waals surface area contributed by atoms with Crippen LogP contribution in [0.2, 0.25) is 0 Å². The van der Waals surface area contributed by atoms with Crippen molar-refractivity contribution in [2.24, 2.45) is 5.73 Å². The number of rotatable bonds is 1. The number of piperazine rings is 1. The molecule has 96 valence electrons. The van der Waals surface area contributed by atoms with E-state index in [4.69, 9.17) is 5.73 Å². The van der Waals surface area contributed by atoms with Gasteiger partial charge < -0.3 is 15.5 Å². The molecule has 2 N–H and O–H groups in total. The number of benzene rings is 1. The Morgan fingerprint density at radius 1 is 1.17 bits per heavy atom. The van der Waals surface area contributed by atoms with E-state index in [2.05, 4.69) is 30.0 Å². The lowest BCUT2D eigenvalue weighted by atomic mass is 10.2. The largest absolute Gasteiger partial charge is 0.368 e. The summed E-state index contributed by atoms with van der Waals surface area (Å²) < 4.78 is 0. The summed E-state index contributed by atoms with van der Waals surface area (Å²) in [5.74, 6) is -1.46. The molecule has 1 aliphatic heterocycles. The second kappa shape index (κ2) is 5.08. The van der Waals surface area contributed by atoms with E-state index in [9.17, 15) is 9.59 Å². The predicted molar refractivity (Wildman–Crippen MR) is 69.2 cm³/mol. The van der Waals surface area contributed by atoms with Crippen LogP contribution in [0.5, 0.6) is 0 Å². The molecule has 5 nitrogen and oxygen atoms in total. The summed E-state index contributed by atoms with van der Waals surface area (Å²) in [5, 5.41) is 0. The third-order valence-electron chi connectivity index (χ3n) is 3.14. The summed E-state index contributed by atoms with van der Waals surface area (Å²) in [6.45, 7) is 4.58. The predicted octanol–water partition coefficient (Wildman–Crippen LogP) is 0.129. The number of amides is 2. The van der Waals surface area contributed by atoms with Gasteiger partial charge in [-0.25, -0.2) is 0 Å². The molecule has 0 atom stereocenters. The van der Waals surface area contributed by atoms with E-state index in [0.717, 1.165) is 18.8 Å². The van der Waals surface area contributed by atoms with Gasteiger partial charge in [0.05, 0.1) is 0 Å². The molecule has 18 heavy (non-hydrogen) atoms. The van der Waals surface area contributed by atoms with Crippen LogP contribution in [0.1, 0.15) is 5.56 Å². The van der Waals surface area contributed by atoms with Gasteiger partial charge in [0, 0.05) is 31.9 Å². The molecule has 0 saturated carbocycles. The highest BCUT2D eigenvalue weighted by Gasteiger charge is 2.24. The molecule has 2 amide bonds. The average molecular weight is 247 g/mol. The van der Waals surface area contributed by atoms with E-state index >= 15 is 0 Å². The average Bonchev–Trinajstić information content (AvgIpc) is 2.38. The van der Waals surface area contributed by atoms with E-state index in [1.807, 2.05) is 6.07 Å². The first-order valence-electron chi connectivity index (χ1n) is 5.98. The zero-order valence-corrected chi connectivity index (χ0v) is 10.4. The molecular formula is C13H17N3O2. The summed E-state index contributed by atoms with van der Waals surface area (Å²) >= 11 is 0. The van der Waals surface area contributed by atoms with Crippen molar-refractivity contribution in [2.75, 3.05) is 31.1 Å². The number of carbonyl (C=O) groups excluding carboxylic acids is 2. The number of anilines is 1. The molecule has 0 unspecified atom stereocenters. The first kappa shape index (κ1) is 12.4. The summed E-state index contributed by atoms with van der Waals surface area (Å²) in [4.78, 5) is 26.0. The quantitative estimate of drug-likeness (QED) is 0.717. The highest BCUT2D eigenvalue weighted by atomic mass is 16.2. The number of aryl methyl sites for hydroxylation is 1. The van der Waals surface area contributed by atoms with Crippen LogP contribution in [0.4, 0.5) is 5.69 Å². The van der Waals surface area contributed by atoms with E-state index < -0.39 is 11.8 Å². The van der Waals surface area contributed by atoms with Crippen LogP contribution in [0.15, 0.2) is 24.3 Å². The Morgan fingerprint density at radius 3 is 2.39 bits per heavy atom. The molecule has 0 radical (unpaired) electrons. The fraction of sp³-hybridized carbons (Fsp3) is 0.385. The SMILES string of the molecule is Cc1cccc(N2CCN(C(=O)C(N)=O)CC2)c1.